The number of hydrogen-bond acceptors (Lipinski definition) is 4. The first-order chi connectivity index (χ1) is 8.06. The van der Waals surface area contributed by atoms with Gasteiger partial charge in [0.15, 0.2) is 5.78 Å². The van der Waals surface area contributed by atoms with Crippen LogP contribution in [0.15, 0.2) is 0 Å². The van der Waals surface area contributed by atoms with Crippen molar-refractivity contribution >= 4 is 17.1 Å². The lowest BCUT2D eigenvalue weighted by Crippen LogP contribution is -2.41. The van der Waals surface area contributed by atoms with Crippen LogP contribution in [0, 0.1) is 13.8 Å². The Balaban J connectivity index is 1.99. The van der Waals surface area contributed by atoms with Crippen molar-refractivity contribution in [1.82, 2.24) is 10.3 Å². The lowest BCUT2D eigenvalue weighted by atomic mass is 9.95. The SMILES string of the molecule is Cc1nc(C)c(C(=O)CC2CCCC(C)N2)s1. The zero-order valence-electron chi connectivity index (χ0n) is 10.7. The fraction of sp³-hybridized carbons (Fsp3) is 0.692. The second kappa shape index (κ2) is 5.27. The Kier molecular flexibility index (Phi) is 3.94. The molecule has 1 aliphatic rings. The Bertz CT molecular complexity index is 414. The molecule has 0 aromatic carbocycles. The van der Waals surface area contributed by atoms with Crippen molar-refractivity contribution in [3.8, 4) is 0 Å². The van der Waals surface area contributed by atoms with Crippen LogP contribution in [0.5, 0.6) is 0 Å². The summed E-state index contributed by atoms with van der Waals surface area (Å²) >= 11 is 1.52. The summed E-state index contributed by atoms with van der Waals surface area (Å²) in [6.07, 6.45) is 4.19. The van der Waals surface area contributed by atoms with E-state index in [1.54, 1.807) is 0 Å². The monoisotopic (exact) mass is 252 g/mol. The summed E-state index contributed by atoms with van der Waals surface area (Å²) < 4.78 is 0. The van der Waals surface area contributed by atoms with Crippen LogP contribution >= 0.6 is 11.3 Å². The minimum atomic E-state index is 0.250. The number of nitrogens with zero attached hydrogens (tertiary/aromatic N) is 1. The van der Waals surface area contributed by atoms with E-state index >= 15 is 0 Å². The van der Waals surface area contributed by atoms with Crippen molar-refractivity contribution in [1.29, 1.82) is 0 Å². The van der Waals surface area contributed by atoms with Gasteiger partial charge in [0.25, 0.3) is 0 Å². The minimum absolute atomic E-state index is 0.250. The molecule has 1 aliphatic heterocycles. The topological polar surface area (TPSA) is 42.0 Å². The molecule has 0 bridgehead atoms. The summed E-state index contributed by atoms with van der Waals surface area (Å²) in [4.78, 5) is 17.4. The van der Waals surface area contributed by atoms with Crippen molar-refractivity contribution in [3.05, 3.63) is 15.6 Å². The van der Waals surface area contributed by atoms with Crippen molar-refractivity contribution in [2.24, 2.45) is 0 Å². The summed E-state index contributed by atoms with van der Waals surface area (Å²) in [7, 11) is 0. The average Bonchev–Trinajstić information content (AvgIpc) is 2.58. The molecule has 0 spiro atoms. The number of Topliss-reactive ketones (excluding diaryl/α,β-unsaturated/α-hetero) is 1. The van der Waals surface area contributed by atoms with Gasteiger partial charge in [-0.25, -0.2) is 4.98 Å². The highest BCUT2D eigenvalue weighted by Crippen LogP contribution is 2.22. The lowest BCUT2D eigenvalue weighted by molar-refractivity contribution is 0.0963. The molecule has 1 fully saturated rings. The predicted molar refractivity (Wildman–Crippen MR) is 70.8 cm³/mol. The van der Waals surface area contributed by atoms with E-state index in [1.807, 2.05) is 13.8 Å². The number of nitrogens with one attached hydrogen (secondary N) is 1. The summed E-state index contributed by atoms with van der Waals surface area (Å²) in [5.74, 6) is 0.250. The van der Waals surface area contributed by atoms with Crippen LogP contribution in [-0.2, 0) is 0 Å². The van der Waals surface area contributed by atoms with E-state index in [-0.39, 0.29) is 5.78 Å². The first-order valence-electron chi connectivity index (χ1n) is 6.29. The largest absolute Gasteiger partial charge is 0.311 e. The number of rotatable bonds is 3. The molecule has 4 heteroatoms. The van der Waals surface area contributed by atoms with Crippen LogP contribution in [0.25, 0.3) is 0 Å². The van der Waals surface area contributed by atoms with Gasteiger partial charge in [-0.05, 0) is 33.6 Å². The van der Waals surface area contributed by atoms with Gasteiger partial charge >= 0.3 is 0 Å². The van der Waals surface area contributed by atoms with E-state index in [4.69, 9.17) is 0 Å². The molecular formula is C13H20N2OS. The van der Waals surface area contributed by atoms with Crippen LogP contribution in [-0.4, -0.2) is 22.9 Å². The Labute approximate surface area is 107 Å². The third-order valence-electron chi connectivity index (χ3n) is 3.30. The molecule has 1 N–H and O–H groups in total. The van der Waals surface area contributed by atoms with Gasteiger partial charge in [-0.3, -0.25) is 4.79 Å². The number of thiazole rings is 1. The van der Waals surface area contributed by atoms with Crippen LogP contribution in [0.2, 0.25) is 0 Å². The molecule has 2 rings (SSSR count). The summed E-state index contributed by atoms with van der Waals surface area (Å²) in [5, 5.41) is 4.49. The molecule has 2 unspecified atom stereocenters. The molecule has 2 heterocycles. The van der Waals surface area contributed by atoms with Crippen LogP contribution in [0.1, 0.15) is 53.0 Å². The fourth-order valence-corrected chi connectivity index (χ4v) is 3.38. The number of piperidine rings is 1. The molecular weight excluding hydrogens is 232 g/mol. The van der Waals surface area contributed by atoms with Gasteiger partial charge in [0.1, 0.15) is 0 Å². The fourth-order valence-electron chi connectivity index (χ4n) is 2.51. The Morgan fingerprint density at radius 2 is 2.24 bits per heavy atom. The molecule has 2 atom stereocenters. The van der Waals surface area contributed by atoms with Gasteiger partial charge in [0, 0.05) is 18.5 Å². The van der Waals surface area contributed by atoms with E-state index < -0.39 is 0 Å². The van der Waals surface area contributed by atoms with E-state index in [0.29, 0.717) is 18.5 Å². The molecule has 0 radical (unpaired) electrons. The highest BCUT2D eigenvalue weighted by molar-refractivity contribution is 7.13. The lowest BCUT2D eigenvalue weighted by Gasteiger charge is -2.28. The van der Waals surface area contributed by atoms with Crippen LogP contribution < -0.4 is 5.32 Å². The second-order valence-corrected chi connectivity index (χ2v) is 6.17. The highest BCUT2D eigenvalue weighted by atomic mass is 32.1. The van der Waals surface area contributed by atoms with Crippen LogP contribution in [0.4, 0.5) is 0 Å². The standard InChI is InChI=1S/C13H20N2OS/c1-8-5-4-6-11(14-8)7-12(16)13-9(2)15-10(3)17-13/h8,11,14H,4-7H2,1-3H3. The first kappa shape index (κ1) is 12.7. The van der Waals surface area contributed by atoms with Crippen molar-refractivity contribution in [3.63, 3.8) is 0 Å². The smallest absolute Gasteiger partial charge is 0.176 e. The van der Waals surface area contributed by atoms with Gasteiger partial charge in [-0.2, -0.15) is 0 Å². The maximum absolute atomic E-state index is 12.2. The second-order valence-electron chi connectivity index (χ2n) is 4.97. The maximum atomic E-state index is 12.2. The van der Waals surface area contributed by atoms with E-state index in [1.165, 1.54) is 24.2 Å². The van der Waals surface area contributed by atoms with Crippen LogP contribution in [0.3, 0.4) is 0 Å². The number of carbonyl (C=O) groups excluding carboxylic acids is 1. The summed E-state index contributed by atoms with van der Waals surface area (Å²) in [5.41, 5.74) is 0.890. The predicted octanol–water partition coefficient (Wildman–Crippen LogP) is 2.86. The zero-order chi connectivity index (χ0) is 12.4. The summed E-state index contributed by atoms with van der Waals surface area (Å²) in [6, 6.07) is 0.902. The highest BCUT2D eigenvalue weighted by Gasteiger charge is 2.22. The third-order valence-corrected chi connectivity index (χ3v) is 4.41. The molecule has 1 aromatic rings. The summed E-state index contributed by atoms with van der Waals surface area (Å²) in [6.45, 7) is 6.07. The normalized spacial score (nSPS) is 24.9. The average molecular weight is 252 g/mol. The molecule has 0 aliphatic carbocycles. The van der Waals surface area contributed by atoms with Gasteiger partial charge in [0.2, 0.25) is 0 Å². The number of ketones is 1. The number of hydrogen-bond donors (Lipinski definition) is 1. The van der Waals surface area contributed by atoms with Gasteiger partial charge in [-0.1, -0.05) is 6.42 Å². The Morgan fingerprint density at radius 1 is 1.47 bits per heavy atom. The number of aryl methyl sites for hydroxylation is 2. The van der Waals surface area contributed by atoms with Gasteiger partial charge < -0.3 is 5.32 Å². The molecule has 0 saturated carbocycles. The Hall–Kier alpha value is -0.740. The van der Waals surface area contributed by atoms with Crippen molar-refractivity contribution in [2.75, 3.05) is 0 Å². The molecule has 1 saturated heterocycles. The van der Waals surface area contributed by atoms with Gasteiger partial charge in [0.05, 0.1) is 15.6 Å². The molecule has 1 aromatic heterocycles. The first-order valence-corrected chi connectivity index (χ1v) is 7.11. The third kappa shape index (κ3) is 3.13. The van der Waals surface area contributed by atoms with Crippen molar-refractivity contribution in [2.45, 2.75) is 58.5 Å². The molecule has 17 heavy (non-hydrogen) atoms. The molecule has 94 valence electrons. The van der Waals surface area contributed by atoms with Crippen molar-refractivity contribution < 1.29 is 4.79 Å². The molecule has 0 amide bonds. The number of carbonyl (C=O) groups is 1. The Morgan fingerprint density at radius 3 is 2.82 bits per heavy atom. The van der Waals surface area contributed by atoms with E-state index in [9.17, 15) is 4.79 Å². The number of aromatic nitrogens is 1. The quantitative estimate of drug-likeness (QED) is 0.841. The minimum Gasteiger partial charge on any atom is -0.311 e. The van der Waals surface area contributed by atoms with E-state index in [0.717, 1.165) is 22.0 Å². The molecule has 3 nitrogen and oxygen atoms in total. The van der Waals surface area contributed by atoms with E-state index in [2.05, 4.69) is 17.2 Å². The van der Waals surface area contributed by atoms with Gasteiger partial charge in [-0.15, -0.1) is 11.3 Å². The zero-order valence-corrected chi connectivity index (χ0v) is 11.6. The maximum Gasteiger partial charge on any atom is 0.176 e.